The lowest BCUT2D eigenvalue weighted by molar-refractivity contribution is -0.122. The summed E-state index contributed by atoms with van der Waals surface area (Å²) in [4.78, 5) is 36.0. The van der Waals surface area contributed by atoms with Crippen molar-refractivity contribution >= 4 is 23.5 Å². The van der Waals surface area contributed by atoms with Gasteiger partial charge in [-0.25, -0.2) is 4.79 Å². The number of carbonyl (C=O) groups is 3. The Morgan fingerprint density at radius 2 is 1.50 bits per heavy atom. The molecule has 2 aromatic rings. The third kappa shape index (κ3) is 6.75. The number of amides is 4. The first-order valence-corrected chi connectivity index (χ1v) is 9.15. The molecule has 0 fully saturated rings. The minimum Gasteiger partial charge on any atom is -0.350 e. The molecule has 4 N–H and O–H groups in total. The Balaban J connectivity index is 1.80. The van der Waals surface area contributed by atoms with Gasteiger partial charge in [-0.1, -0.05) is 30.3 Å². The maximum absolute atomic E-state index is 12.2. The molecule has 0 bridgehead atoms. The third-order valence-electron chi connectivity index (χ3n) is 3.88. The summed E-state index contributed by atoms with van der Waals surface area (Å²) in [6.45, 7) is 5.72. The Kier molecular flexibility index (Phi) is 7.56. The van der Waals surface area contributed by atoms with Gasteiger partial charge in [0.2, 0.25) is 5.91 Å². The van der Waals surface area contributed by atoms with Crippen molar-refractivity contribution in [3.05, 3.63) is 65.7 Å². The molecule has 2 rings (SSSR count). The Labute approximate surface area is 164 Å². The SMILES string of the molecule is CC(C)NC(=O)Nc1ccc(CNC(=O)C(C)NC(=O)c2ccccc2)cc1. The number of hydrogen-bond acceptors (Lipinski definition) is 3. The van der Waals surface area contributed by atoms with Crippen LogP contribution in [0.4, 0.5) is 10.5 Å². The van der Waals surface area contributed by atoms with Gasteiger partial charge in [-0.15, -0.1) is 0 Å². The second-order valence-corrected chi connectivity index (χ2v) is 6.73. The first-order chi connectivity index (χ1) is 13.3. The average Bonchev–Trinajstić information content (AvgIpc) is 2.67. The number of urea groups is 1. The highest BCUT2D eigenvalue weighted by Crippen LogP contribution is 2.09. The fourth-order valence-electron chi connectivity index (χ4n) is 2.41. The smallest absolute Gasteiger partial charge is 0.319 e. The van der Waals surface area contributed by atoms with E-state index >= 15 is 0 Å². The molecule has 0 saturated carbocycles. The molecule has 0 spiro atoms. The van der Waals surface area contributed by atoms with Crippen LogP contribution in [0.5, 0.6) is 0 Å². The van der Waals surface area contributed by atoms with Gasteiger partial charge in [0.15, 0.2) is 0 Å². The van der Waals surface area contributed by atoms with E-state index in [2.05, 4.69) is 21.3 Å². The van der Waals surface area contributed by atoms with Gasteiger partial charge < -0.3 is 21.3 Å². The predicted octanol–water partition coefficient (Wildman–Crippen LogP) is 2.65. The highest BCUT2D eigenvalue weighted by molar-refractivity contribution is 5.97. The zero-order chi connectivity index (χ0) is 20.5. The highest BCUT2D eigenvalue weighted by atomic mass is 16.2. The van der Waals surface area contributed by atoms with Crippen molar-refractivity contribution in [2.75, 3.05) is 5.32 Å². The third-order valence-corrected chi connectivity index (χ3v) is 3.88. The van der Waals surface area contributed by atoms with Gasteiger partial charge in [0.1, 0.15) is 6.04 Å². The maximum Gasteiger partial charge on any atom is 0.319 e. The summed E-state index contributed by atoms with van der Waals surface area (Å²) in [5.41, 5.74) is 2.05. The topological polar surface area (TPSA) is 99.3 Å². The van der Waals surface area contributed by atoms with Crippen LogP contribution in [0.3, 0.4) is 0 Å². The predicted molar refractivity (Wildman–Crippen MR) is 109 cm³/mol. The normalized spacial score (nSPS) is 11.4. The van der Waals surface area contributed by atoms with Crippen LogP contribution in [0.2, 0.25) is 0 Å². The number of benzene rings is 2. The molecule has 2 aromatic carbocycles. The van der Waals surface area contributed by atoms with E-state index in [1.54, 1.807) is 43.3 Å². The monoisotopic (exact) mass is 382 g/mol. The quantitative estimate of drug-likeness (QED) is 0.592. The molecule has 1 unspecified atom stereocenters. The summed E-state index contributed by atoms with van der Waals surface area (Å²) in [7, 11) is 0. The van der Waals surface area contributed by atoms with Gasteiger partial charge in [0.25, 0.3) is 5.91 Å². The van der Waals surface area contributed by atoms with Gasteiger partial charge in [-0.3, -0.25) is 9.59 Å². The number of anilines is 1. The van der Waals surface area contributed by atoms with Crippen molar-refractivity contribution < 1.29 is 14.4 Å². The average molecular weight is 382 g/mol. The van der Waals surface area contributed by atoms with Crippen LogP contribution < -0.4 is 21.3 Å². The molecule has 0 heterocycles. The van der Waals surface area contributed by atoms with Crippen molar-refractivity contribution in [1.29, 1.82) is 0 Å². The molecule has 7 nitrogen and oxygen atoms in total. The summed E-state index contributed by atoms with van der Waals surface area (Å²) in [6.07, 6.45) is 0. The minimum atomic E-state index is -0.659. The molecule has 4 amide bonds. The molecule has 0 saturated heterocycles. The molecule has 0 aliphatic carbocycles. The highest BCUT2D eigenvalue weighted by Gasteiger charge is 2.16. The lowest BCUT2D eigenvalue weighted by Gasteiger charge is -2.14. The number of nitrogens with one attached hydrogen (secondary N) is 4. The van der Waals surface area contributed by atoms with Crippen molar-refractivity contribution in [3.63, 3.8) is 0 Å². The number of rotatable bonds is 7. The Bertz CT molecular complexity index is 804. The van der Waals surface area contributed by atoms with Crippen LogP contribution in [0.1, 0.15) is 36.7 Å². The van der Waals surface area contributed by atoms with Crippen LogP contribution in [-0.2, 0) is 11.3 Å². The first kappa shape index (κ1) is 21.0. The van der Waals surface area contributed by atoms with Gasteiger partial charge in [0, 0.05) is 23.8 Å². The largest absolute Gasteiger partial charge is 0.350 e. The van der Waals surface area contributed by atoms with Gasteiger partial charge in [-0.05, 0) is 50.6 Å². The van der Waals surface area contributed by atoms with Gasteiger partial charge >= 0.3 is 6.03 Å². The summed E-state index contributed by atoms with van der Waals surface area (Å²) >= 11 is 0. The minimum absolute atomic E-state index is 0.0545. The molecule has 0 aliphatic heterocycles. The van der Waals surface area contributed by atoms with E-state index in [1.165, 1.54) is 0 Å². The second-order valence-electron chi connectivity index (χ2n) is 6.73. The first-order valence-electron chi connectivity index (χ1n) is 9.15. The molecular weight excluding hydrogens is 356 g/mol. The van der Waals surface area contributed by atoms with Crippen LogP contribution in [0, 0.1) is 0 Å². The van der Waals surface area contributed by atoms with E-state index in [4.69, 9.17) is 0 Å². The van der Waals surface area contributed by atoms with Crippen molar-refractivity contribution in [2.45, 2.75) is 39.4 Å². The van der Waals surface area contributed by atoms with Crippen LogP contribution in [-0.4, -0.2) is 29.9 Å². The summed E-state index contributed by atoms with van der Waals surface area (Å²) in [6, 6.07) is 15.0. The lowest BCUT2D eigenvalue weighted by atomic mass is 10.2. The van der Waals surface area contributed by atoms with E-state index in [0.717, 1.165) is 5.56 Å². The molecule has 28 heavy (non-hydrogen) atoms. The van der Waals surface area contributed by atoms with E-state index in [-0.39, 0.29) is 23.9 Å². The molecule has 148 valence electrons. The van der Waals surface area contributed by atoms with E-state index in [9.17, 15) is 14.4 Å². The number of carbonyl (C=O) groups excluding carboxylic acids is 3. The van der Waals surface area contributed by atoms with Crippen LogP contribution in [0.25, 0.3) is 0 Å². The van der Waals surface area contributed by atoms with Gasteiger partial charge in [-0.2, -0.15) is 0 Å². The molecule has 0 radical (unpaired) electrons. The summed E-state index contributed by atoms with van der Waals surface area (Å²) < 4.78 is 0. The standard InChI is InChI=1S/C21H26N4O3/c1-14(2)23-21(28)25-18-11-9-16(10-12-18)13-22-19(26)15(3)24-20(27)17-7-5-4-6-8-17/h4-12,14-15H,13H2,1-3H3,(H,22,26)(H,24,27)(H2,23,25,28). The van der Waals surface area contributed by atoms with Crippen molar-refractivity contribution in [1.82, 2.24) is 16.0 Å². The van der Waals surface area contributed by atoms with E-state index in [1.807, 2.05) is 32.0 Å². The fraction of sp³-hybridized carbons (Fsp3) is 0.286. The summed E-state index contributed by atoms with van der Waals surface area (Å²) in [5, 5.41) is 10.9. The fourth-order valence-corrected chi connectivity index (χ4v) is 2.41. The Morgan fingerprint density at radius 1 is 0.857 bits per heavy atom. The van der Waals surface area contributed by atoms with Crippen molar-refractivity contribution in [3.8, 4) is 0 Å². The molecule has 0 aromatic heterocycles. The van der Waals surface area contributed by atoms with Gasteiger partial charge in [0.05, 0.1) is 0 Å². The second kappa shape index (κ2) is 10.1. The lowest BCUT2D eigenvalue weighted by Crippen LogP contribution is -2.44. The molecule has 7 heteroatoms. The molecule has 0 aliphatic rings. The van der Waals surface area contributed by atoms with Crippen LogP contribution in [0.15, 0.2) is 54.6 Å². The maximum atomic E-state index is 12.2. The molecule has 1 atom stereocenters. The Hall–Kier alpha value is -3.35. The zero-order valence-corrected chi connectivity index (χ0v) is 16.3. The van der Waals surface area contributed by atoms with Crippen LogP contribution >= 0.6 is 0 Å². The van der Waals surface area contributed by atoms with E-state index < -0.39 is 6.04 Å². The molecular formula is C21H26N4O3. The summed E-state index contributed by atoms with van der Waals surface area (Å²) in [5.74, 6) is -0.568. The van der Waals surface area contributed by atoms with Crippen molar-refractivity contribution in [2.24, 2.45) is 0 Å². The van der Waals surface area contributed by atoms with E-state index in [0.29, 0.717) is 17.8 Å². The number of hydrogen-bond donors (Lipinski definition) is 4. The zero-order valence-electron chi connectivity index (χ0n) is 16.3. The Morgan fingerprint density at radius 3 is 2.11 bits per heavy atom.